The topological polar surface area (TPSA) is 32.3 Å². The van der Waals surface area contributed by atoms with Gasteiger partial charge >= 0.3 is 0 Å². The summed E-state index contributed by atoms with van der Waals surface area (Å²) in [6, 6.07) is 12.1. The lowest BCUT2D eigenvalue weighted by atomic mass is 10.0. The Balaban J connectivity index is 2.18. The molecule has 0 radical (unpaired) electrons. The molecular weight excluding hydrogens is 241 g/mol. The first-order valence-electron chi connectivity index (χ1n) is 6.41. The molecule has 1 atom stereocenters. The number of hydrogen-bond acceptors (Lipinski definition) is 2. The molecule has 0 saturated heterocycles. The van der Waals surface area contributed by atoms with E-state index in [0.29, 0.717) is 0 Å². The van der Waals surface area contributed by atoms with Crippen LogP contribution in [-0.4, -0.2) is 5.11 Å². The van der Waals surface area contributed by atoms with Crippen molar-refractivity contribution in [2.24, 2.45) is 0 Å². The normalized spacial score (nSPS) is 12.2. The number of aryl methyl sites for hydroxylation is 1. The second-order valence-corrected chi connectivity index (χ2v) is 4.66. The Hall–Kier alpha value is -2.03. The fourth-order valence-electron chi connectivity index (χ4n) is 2.02. The Labute approximate surface area is 112 Å². The molecule has 2 aromatic rings. The Kier molecular flexibility index (Phi) is 4.05. The molecule has 0 aromatic heterocycles. The van der Waals surface area contributed by atoms with Gasteiger partial charge in [0.05, 0.1) is 6.04 Å². The van der Waals surface area contributed by atoms with Gasteiger partial charge in [-0.25, -0.2) is 4.39 Å². The zero-order valence-corrected chi connectivity index (χ0v) is 11.2. The number of nitrogens with one attached hydrogen (secondary N) is 1. The minimum Gasteiger partial charge on any atom is -0.508 e. The quantitative estimate of drug-likeness (QED) is 0.852. The van der Waals surface area contributed by atoms with Gasteiger partial charge in [0.25, 0.3) is 0 Å². The summed E-state index contributed by atoms with van der Waals surface area (Å²) in [6.07, 6.45) is 0.875. The van der Waals surface area contributed by atoms with Crippen LogP contribution in [0.5, 0.6) is 5.75 Å². The van der Waals surface area contributed by atoms with Gasteiger partial charge in [0.2, 0.25) is 0 Å². The summed E-state index contributed by atoms with van der Waals surface area (Å²) < 4.78 is 12.9. The van der Waals surface area contributed by atoms with E-state index in [2.05, 4.69) is 12.2 Å². The lowest BCUT2D eigenvalue weighted by Gasteiger charge is -2.19. The summed E-state index contributed by atoms with van der Waals surface area (Å²) in [5.74, 6) is 0.0468. The zero-order chi connectivity index (χ0) is 13.8. The first-order chi connectivity index (χ1) is 9.10. The molecule has 0 aliphatic carbocycles. The van der Waals surface area contributed by atoms with Crippen molar-refractivity contribution in [3.05, 3.63) is 59.4 Å². The zero-order valence-electron chi connectivity index (χ0n) is 11.2. The minimum atomic E-state index is -0.230. The van der Waals surface area contributed by atoms with Crippen molar-refractivity contribution in [2.75, 3.05) is 5.32 Å². The third kappa shape index (κ3) is 3.25. The molecular formula is C16H18FNO. The lowest BCUT2D eigenvalue weighted by molar-refractivity contribution is 0.471. The molecule has 0 saturated carbocycles. The number of rotatable bonds is 4. The van der Waals surface area contributed by atoms with Gasteiger partial charge in [-0.1, -0.05) is 25.1 Å². The molecule has 100 valence electrons. The van der Waals surface area contributed by atoms with Crippen LogP contribution in [0.15, 0.2) is 42.5 Å². The number of phenolic OH excluding ortho intramolecular Hbond substituents is 1. The summed E-state index contributed by atoms with van der Waals surface area (Å²) in [5, 5.41) is 13.1. The van der Waals surface area contributed by atoms with E-state index in [0.717, 1.165) is 23.2 Å². The standard InChI is InChI=1S/C16H18FNO/c1-3-15(12-5-7-13(17)8-6-12)18-14-9-4-11(2)16(19)10-14/h4-10,15,18-19H,3H2,1-2H3. The van der Waals surface area contributed by atoms with Crippen LogP contribution in [0.4, 0.5) is 10.1 Å². The number of hydrogen-bond donors (Lipinski definition) is 2. The maximum absolute atomic E-state index is 12.9. The van der Waals surface area contributed by atoms with Crippen molar-refractivity contribution in [1.82, 2.24) is 0 Å². The Morgan fingerprint density at radius 2 is 1.84 bits per heavy atom. The highest BCUT2D eigenvalue weighted by Gasteiger charge is 2.09. The predicted octanol–water partition coefficient (Wildman–Crippen LogP) is 4.40. The van der Waals surface area contributed by atoms with Crippen LogP contribution < -0.4 is 5.32 Å². The molecule has 0 amide bonds. The van der Waals surface area contributed by atoms with E-state index in [9.17, 15) is 9.50 Å². The van der Waals surface area contributed by atoms with E-state index >= 15 is 0 Å². The van der Waals surface area contributed by atoms with Crippen molar-refractivity contribution in [3.63, 3.8) is 0 Å². The molecule has 0 aliphatic heterocycles. The van der Waals surface area contributed by atoms with Crippen molar-refractivity contribution < 1.29 is 9.50 Å². The SMILES string of the molecule is CCC(Nc1ccc(C)c(O)c1)c1ccc(F)cc1. The van der Waals surface area contributed by atoms with Crippen LogP contribution in [0.2, 0.25) is 0 Å². The van der Waals surface area contributed by atoms with E-state index in [-0.39, 0.29) is 17.6 Å². The highest BCUT2D eigenvalue weighted by Crippen LogP contribution is 2.26. The van der Waals surface area contributed by atoms with Gasteiger partial charge in [0.15, 0.2) is 0 Å². The molecule has 0 aliphatic rings. The van der Waals surface area contributed by atoms with Crippen LogP contribution in [0.25, 0.3) is 0 Å². The number of benzene rings is 2. The molecule has 0 fully saturated rings. The van der Waals surface area contributed by atoms with Gasteiger partial charge in [-0.15, -0.1) is 0 Å². The fourth-order valence-corrected chi connectivity index (χ4v) is 2.02. The van der Waals surface area contributed by atoms with Crippen molar-refractivity contribution >= 4 is 5.69 Å². The molecule has 2 rings (SSSR count). The molecule has 1 unspecified atom stereocenters. The summed E-state index contributed by atoms with van der Waals surface area (Å²) >= 11 is 0. The second kappa shape index (κ2) is 5.74. The van der Waals surface area contributed by atoms with Crippen LogP contribution in [-0.2, 0) is 0 Å². The molecule has 3 heteroatoms. The number of aromatic hydroxyl groups is 1. The Morgan fingerprint density at radius 3 is 2.42 bits per heavy atom. The molecule has 0 spiro atoms. The third-order valence-electron chi connectivity index (χ3n) is 3.23. The van der Waals surface area contributed by atoms with E-state index in [4.69, 9.17) is 0 Å². The van der Waals surface area contributed by atoms with Gasteiger partial charge in [-0.2, -0.15) is 0 Å². The summed E-state index contributed by atoms with van der Waals surface area (Å²) in [7, 11) is 0. The van der Waals surface area contributed by atoms with Gasteiger partial charge in [-0.3, -0.25) is 0 Å². The summed E-state index contributed by atoms with van der Waals surface area (Å²) in [6.45, 7) is 3.92. The predicted molar refractivity (Wildman–Crippen MR) is 75.9 cm³/mol. The maximum atomic E-state index is 12.9. The third-order valence-corrected chi connectivity index (χ3v) is 3.23. The molecule has 0 heterocycles. The first kappa shape index (κ1) is 13.4. The van der Waals surface area contributed by atoms with Crippen LogP contribution in [0.3, 0.4) is 0 Å². The van der Waals surface area contributed by atoms with E-state index in [1.54, 1.807) is 18.2 Å². The Morgan fingerprint density at radius 1 is 1.16 bits per heavy atom. The monoisotopic (exact) mass is 259 g/mol. The van der Waals surface area contributed by atoms with Crippen molar-refractivity contribution in [2.45, 2.75) is 26.3 Å². The van der Waals surface area contributed by atoms with E-state index < -0.39 is 0 Å². The molecule has 2 aromatic carbocycles. The van der Waals surface area contributed by atoms with Gasteiger partial charge in [-0.05, 0) is 42.7 Å². The average Bonchev–Trinajstić information content (AvgIpc) is 2.41. The molecule has 2 nitrogen and oxygen atoms in total. The number of halogens is 1. The fraction of sp³-hybridized carbons (Fsp3) is 0.250. The summed E-state index contributed by atoms with van der Waals surface area (Å²) in [5.41, 5.74) is 2.74. The average molecular weight is 259 g/mol. The van der Waals surface area contributed by atoms with Crippen LogP contribution in [0, 0.1) is 12.7 Å². The lowest BCUT2D eigenvalue weighted by Crippen LogP contribution is -2.09. The number of phenols is 1. The van der Waals surface area contributed by atoms with Crippen molar-refractivity contribution in [3.8, 4) is 5.75 Å². The maximum Gasteiger partial charge on any atom is 0.123 e. The smallest absolute Gasteiger partial charge is 0.123 e. The molecule has 19 heavy (non-hydrogen) atoms. The highest BCUT2D eigenvalue weighted by molar-refractivity contribution is 5.52. The van der Waals surface area contributed by atoms with Crippen LogP contribution in [0.1, 0.15) is 30.5 Å². The van der Waals surface area contributed by atoms with Crippen LogP contribution >= 0.6 is 0 Å². The largest absolute Gasteiger partial charge is 0.508 e. The number of anilines is 1. The van der Waals surface area contributed by atoms with Gasteiger partial charge in [0, 0.05) is 11.8 Å². The minimum absolute atomic E-state index is 0.0997. The second-order valence-electron chi connectivity index (χ2n) is 4.66. The van der Waals surface area contributed by atoms with E-state index in [1.165, 1.54) is 12.1 Å². The summed E-state index contributed by atoms with van der Waals surface area (Å²) in [4.78, 5) is 0. The van der Waals surface area contributed by atoms with Gasteiger partial charge < -0.3 is 10.4 Å². The van der Waals surface area contributed by atoms with E-state index in [1.807, 2.05) is 19.1 Å². The highest BCUT2D eigenvalue weighted by atomic mass is 19.1. The molecule has 0 bridgehead atoms. The van der Waals surface area contributed by atoms with Gasteiger partial charge in [0.1, 0.15) is 11.6 Å². The van der Waals surface area contributed by atoms with Crippen molar-refractivity contribution in [1.29, 1.82) is 0 Å². The first-order valence-corrected chi connectivity index (χ1v) is 6.41. The molecule has 2 N–H and O–H groups in total. The Bertz CT molecular complexity index is 551.